The van der Waals surface area contributed by atoms with Crippen molar-refractivity contribution in [3.8, 4) is 5.75 Å². The fraction of sp³-hybridized carbons (Fsp3) is 0.533. The molecule has 3 rings (SSSR count). The smallest absolute Gasteiger partial charge is 0.153 e. The third-order valence-corrected chi connectivity index (χ3v) is 4.12. The average Bonchev–Trinajstić information content (AvgIpc) is 3.10. The Morgan fingerprint density at radius 1 is 1.12 bits per heavy atom. The first kappa shape index (κ1) is 10.8. The third-order valence-electron chi connectivity index (χ3n) is 4.12. The quantitative estimate of drug-likeness (QED) is 0.738. The Morgan fingerprint density at radius 2 is 1.76 bits per heavy atom. The first-order valence-electron chi connectivity index (χ1n) is 6.50. The standard InChI is InChI=1S/C15H18O2/c1-17-15-8-14(10-3-2-4-10)13(11-5-6-11)7-12(15)9-16/h7-11H,2-6H2,1H3. The zero-order valence-electron chi connectivity index (χ0n) is 10.2. The molecule has 2 aliphatic carbocycles. The number of benzene rings is 1. The summed E-state index contributed by atoms with van der Waals surface area (Å²) >= 11 is 0. The van der Waals surface area contributed by atoms with E-state index < -0.39 is 0 Å². The maximum absolute atomic E-state index is 11.1. The molecular formula is C15H18O2. The van der Waals surface area contributed by atoms with Gasteiger partial charge < -0.3 is 4.74 Å². The highest BCUT2D eigenvalue weighted by atomic mass is 16.5. The van der Waals surface area contributed by atoms with Crippen LogP contribution < -0.4 is 4.74 Å². The second kappa shape index (κ2) is 4.17. The van der Waals surface area contributed by atoms with Gasteiger partial charge in [0.05, 0.1) is 12.7 Å². The number of ether oxygens (including phenoxy) is 1. The van der Waals surface area contributed by atoms with Crippen LogP contribution in [0, 0.1) is 0 Å². The molecule has 1 aromatic rings. The highest BCUT2D eigenvalue weighted by molar-refractivity contribution is 5.80. The molecule has 0 aromatic heterocycles. The summed E-state index contributed by atoms with van der Waals surface area (Å²) in [4.78, 5) is 11.1. The van der Waals surface area contributed by atoms with Gasteiger partial charge in [-0.1, -0.05) is 6.42 Å². The lowest BCUT2D eigenvalue weighted by Gasteiger charge is -2.28. The maximum Gasteiger partial charge on any atom is 0.153 e. The number of carbonyl (C=O) groups excluding carboxylic acids is 1. The molecule has 0 atom stereocenters. The van der Waals surface area contributed by atoms with Gasteiger partial charge in [-0.05, 0) is 60.8 Å². The van der Waals surface area contributed by atoms with Crippen molar-refractivity contribution in [2.75, 3.05) is 7.11 Å². The van der Waals surface area contributed by atoms with Crippen LogP contribution in [0.5, 0.6) is 5.75 Å². The van der Waals surface area contributed by atoms with Crippen molar-refractivity contribution >= 4 is 6.29 Å². The minimum absolute atomic E-state index is 0.704. The maximum atomic E-state index is 11.1. The van der Waals surface area contributed by atoms with Gasteiger partial charge in [-0.3, -0.25) is 4.79 Å². The van der Waals surface area contributed by atoms with Crippen LogP contribution in [-0.2, 0) is 0 Å². The Balaban J connectivity index is 2.06. The van der Waals surface area contributed by atoms with Crippen LogP contribution in [-0.4, -0.2) is 13.4 Å². The molecule has 0 bridgehead atoms. The van der Waals surface area contributed by atoms with Crippen molar-refractivity contribution in [1.82, 2.24) is 0 Å². The fourth-order valence-corrected chi connectivity index (χ4v) is 2.72. The molecule has 0 N–H and O–H groups in total. The van der Waals surface area contributed by atoms with Crippen molar-refractivity contribution in [3.63, 3.8) is 0 Å². The van der Waals surface area contributed by atoms with Gasteiger partial charge in [-0.2, -0.15) is 0 Å². The Bertz CT molecular complexity index is 442. The summed E-state index contributed by atoms with van der Waals surface area (Å²) < 4.78 is 5.32. The monoisotopic (exact) mass is 230 g/mol. The molecule has 0 aliphatic heterocycles. The average molecular weight is 230 g/mol. The molecule has 2 fully saturated rings. The van der Waals surface area contributed by atoms with Gasteiger partial charge in [0.25, 0.3) is 0 Å². The summed E-state index contributed by atoms with van der Waals surface area (Å²) in [5, 5.41) is 0. The lowest BCUT2D eigenvalue weighted by Crippen LogP contribution is -2.12. The zero-order chi connectivity index (χ0) is 11.8. The number of aldehydes is 1. The number of carbonyl (C=O) groups is 1. The van der Waals surface area contributed by atoms with E-state index in [9.17, 15) is 4.79 Å². The second-order valence-electron chi connectivity index (χ2n) is 5.24. The minimum atomic E-state index is 0.704. The van der Waals surface area contributed by atoms with Crippen LogP contribution in [0.3, 0.4) is 0 Å². The normalized spacial score (nSPS) is 19.8. The molecule has 0 unspecified atom stereocenters. The zero-order valence-corrected chi connectivity index (χ0v) is 10.2. The minimum Gasteiger partial charge on any atom is -0.496 e. The number of hydrogen-bond donors (Lipinski definition) is 0. The lowest BCUT2D eigenvalue weighted by atomic mass is 9.77. The van der Waals surface area contributed by atoms with Crippen molar-refractivity contribution in [3.05, 3.63) is 28.8 Å². The highest BCUT2D eigenvalue weighted by Gasteiger charge is 2.31. The van der Waals surface area contributed by atoms with E-state index in [1.165, 1.54) is 43.2 Å². The van der Waals surface area contributed by atoms with Crippen LogP contribution in [0.1, 0.15) is 65.4 Å². The highest BCUT2D eigenvalue weighted by Crippen LogP contribution is 2.48. The van der Waals surface area contributed by atoms with Gasteiger partial charge >= 0.3 is 0 Å². The molecule has 17 heavy (non-hydrogen) atoms. The topological polar surface area (TPSA) is 26.3 Å². The predicted molar refractivity (Wildman–Crippen MR) is 66.9 cm³/mol. The van der Waals surface area contributed by atoms with Crippen molar-refractivity contribution < 1.29 is 9.53 Å². The molecule has 2 heteroatoms. The van der Waals surface area contributed by atoms with Crippen LogP contribution >= 0.6 is 0 Å². The van der Waals surface area contributed by atoms with Gasteiger partial charge in [-0.25, -0.2) is 0 Å². The summed E-state index contributed by atoms with van der Waals surface area (Å²) in [7, 11) is 1.64. The SMILES string of the molecule is COc1cc(C2CCC2)c(C2CC2)cc1C=O. The number of rotatable bonds is 4. The van der Waals surface area contributed by atoms with E-state index in [0.29, 0.717) is 17.4 Å². The van der Waals surface area contributed by atoms with Crippen LogP contribution in [0.25, 0.3) is 0 Å². The van der Waals surface area contributed by atoms with Gasteiger partial charge in [-0.15, -0.1) is 0 Å². The van der Waals surface area contributed by atoms with E-state index in [2.05, 4.69) is 12.1 Å². The molecular weight excluding hydrogens is 212 g/mol. The van der Waals surface area contributed by atoms with Crippen LogP contribution in [0.15, 0.2) is 12.1 Å². The Morgan fingerprint density at radius 3 is 2.24 bits per heavy atom. The summed E-state index contributed by atoms with van der Waals surface area (Å²) in [5.41, 5.74) is 3.57. The molecule has 0 radical (unpaired) electrons. The van der Waals surface area contributed by atoms with E-state index in [0.717, 1.165) is 12.0 Å². The van der Waals surface area contributed by atoms with Crippen molar-refractivity contribution in [2.24, 2.45) is 0 Å². The van der Waals surface area contributed by atoms with Crippen LogP contribution in [0.4, 0.5) is 0 Å². The van der Waals surface area contributed by atoms with Gasteiger partial charge in [0, 0.05) is 0 Å². The lowest BCUT2D eigenvalue weighted by molar-refractivity contribution is 0.112. The van der Waals surface area contributed by atoms with E-state index in [-0.39, 0.29) is 0 Å². The molecule has 0 amide bonds. The first-order valence-corrected chi connectivity index (χ1v) is 6.50. The molecule has 2 saturated carbocycles. The van der Waals surface area contributed by atoms with E-state index in [4.69, 9.17) is 4.74 Å². The molecule has 0 heterocycles. The molecule has 90 valence electrons. The molecule has 1 aromatic carbocycles. The summed E-state index contributed by atoms with van der Waals surface area (Å²) in [6.45, 7) is 0. The summed E-state index contributed by atoms with van der Waals surface area (Å²) in [5.74, 6) is 2.15. The Hall–Kier alpha value is -1.31. The van der Waals surface area contributed by atoms with Gasteiger partial charge in [0.15, 0.2) is 6.29 Å². The van der Waals surface area contributed by atoms with E-state index >= 15 is 0 Å². The summed E-state index contributed by atoms with van der Waals surface area (Å²) in [6, 6.07) is 4.18. The van der Waals surface area contributed by atoms with Crippen molar-refractivity contribution in [1.29, 1.82) is 0 Å². The molecule has 0 spiro atoms. The predicted octanol–water partition coefficient (Wildman–Crippen LogP) is 3.65. The number of hydrogen-bond acceptors (Lipinski definition) is 2. The molecule has 2 aliphatic rings. The Kier molecular flexibility index (Phi) is 2.65. The Labute approximate surface area is 102 Å². The van der Waals surface area contributed by atoms with Gasteiger partial charge in [0.1, 0.15) is 5.75 Å². The van der Waals surface area contributed by atoms with E-state index in [1.807, 2.05) is 0 Å². The number of methoxy groups -OCH3 is 1. The first-order chi connectivity index (χ1) is 8.33. The summed E-state index contributed by atoms with van der Waals surface area (Å²) in [6.07, 6.45) is 7.41. The molecule has 0 saturated heterocycles. The molecule has 2 nitrogen and oxygen atoms in total. The third kappa shape index (κ3) is 1.86. The van der Waals surface area contributed by atoms with Gasteiger partial charge in [0.2, 0.25) is 0 Å². The fourth-order valence-electron chi connectivity index (χ4n) is 2.72. The van der Waals surface area contributed by atoms with Crippen LogP contribution in [0.2, 0.25) is 0 Å². The van der Waals surface area contributed by atoms with Crippen molar-refractivity contribution in [2.45, 2.75) is 43.9 Å². The largest absolute Gasteiger partial charge is 0.496 e. The van der Waals surface area contributed by atoms with E-state index in [1.54, 1.807) is 7.11 Å². The second-order valence-corrected chi connectivity index (χ2v) is 5.24.